The van der Waals surface area contributed by atoms with E-state index in [1.807, 2.05) is 19.9 Å². The minimum atomic E-state index is -0.310. The number of nitrogens with one attached hydrogen (secondary N) is 2. The summed E-state index contributed by atoms with van der Waals surface area (Å²) in [4.78, 5) is 11.9. The minimum absolute atomic E-state index is 0.0113. The molecule has 1 aliphatic carbocycles. The Labute approximate surface area is 118 Å². The average Bonchev–Trinajstić information content (AvgIpc) is 3.17. The highest BCUT2D eigenvalue weighted by Gasteiger charge is 2.25. The van der Waals surface area contributed by atoms with Crippen LogP contribution in [0.2, 0.25) is 5.02 Å². The van der Waals surface area contributed by atoms with Gasteiger partial charge in [-0.15, -0.1) is 0 Å². The summed E-state index contributed by atoms with van der Waals surface area (Å²) in [6.07, 6.45) is 2.17. The van der Waals surface area contributed by atoms with Crippen molar-refractivity contribution in [3.8, 4) is 5.75 Å². The van der Waals surface area contributed by atoms with Crippen molar-refractivity contribution in [3.63, 3.8) is 0 Å². The van der Waals surface area contributed by atoms with Gasteiger partial charge in [-0.25, -0.2) is 0 Å². The summed E-state index contributed by atoms with van der Waals surface area (Å²) in [6, 6.07) is 3.70. The topological polar surface area (TPSA) is 50.4 Å². The first-order valence-corrected chi connectivity index (χ1v) is 6.80. The highest BCUT2D eigenvalue weighted by atomic mass is 35.5. The van der Waals surface area contributed by atoms with E-state index in [-0.39, 0.29) is 11.9 Å². The van der Waals surface area contributed by atoms with Crippen LogP contribution in [0, 0.1) is 6.92 Å². The molecule has 1 saturated carbocycles. The second-order valence-electron chi connectivity index (χ2n) is 4.95. The summed E-state index contributed by atoms with van der Waals surface area (Å²) in [5, 5.41) is 6.79. The second kappa shape index (κ2) is 5.70. The van der Waals surface area contributed by atoms with Gasteiger partial charge in [0, 0.05) is 17.1 Å². The quantitative estimate of drug-likeness (QED) is 0.873. The van der Waals surface area contributed by atoms with E-state index in [0.29, 0.717) is 16.8 Å². The fourth-order valence-corrected chi connectivity index (χ4v) is 1.95. The van der Waals surface area contributed by atoms with E-state index in [4.69, 9.17) is 16.3 Å². The molecule has 1 aliphatic rings. The molecule has 0 aromatic heterocycles. The maximum Gasteiger partial charge on any atom is 0.242 e. The van der Waals surface area contributed by atoms with E-state index < -0.39 is 0 Å². The van der Waals surface area contributed by atoms with Gasteiger partial charge in [-0.1, -0.05) is 11.6 Å². The third-order valence-corrected chi connectivity index (χ3v) is 3.58. The zero-order valence-electron chi connectivity index (χ0n) is 11.4. The molecule has 0 heterocycles. The lowest BCUT2D eigenvalue weighted by Crippen LogP contribution is -2.38. The Morgan fingerprint density at radius 3 is 2.74 bits per heavy atom. The van der Waals surface area contributed by atoms with Crippen LogP contribution in [-0.4, -0.2) is 25.1 Å². The Morgan fingerprint density at radius 2 is 2.16 bits per heavy atom. The zero-order chi connectivity index (χ0) is 14.0. The normalized spacial score (nSPS) is 15.8. The summed E-state index contributed by atoms with van der Waals surface area (Å²) in [7, 11) is 1.58. The SMILES string of the molecule is COc1cc(Cl)c(C)cc1N[C@@H](C)C(=O)NC1CC1. The van der Waals surface area contributed by atoms with Crippen molar-refractivity contribution >= 4 is 23.2 Å². The van der Waals surface area contributed by atoms with E-state index in [9.17, 15) is 4.79 Å². The van der Waals surface area contributed by atoms with Crippen LogP contribution < -0.4 is 15.4 Å². The van der Waals surface area contributed by atoms with Crippen molar-refractivity contribution in [1.82, 2.24) is 5.32 Å². The van der Waals surface area contributed by atoms with Crippen LogP contribution in [0.25, 0.3) is 0 Å². The average molecular weight is 283 g/mol. The number of ether oxygens (including phenoxy) is 1. The van der Waals surface area contributed by atoms with Crippen LogP contribution >= 0.6 is 11.6 Å². The molecule has 4 nitrogen and oxygen atoms in total. The molecule has 0 saturated heterocycles. The van der Waals surface area contributed by atoms with Gasteiger partial charge in [0.05, 0.1) is 12.8 Å². The number of halogens is 1. The van der Waals surface area contributed by atoms with Crippen LogP contribution in [-0.2, 0) is 4.79 Å². The number of hydrogen-bond acceptors (Lipinski definition) is 3. The number of hydrogen-bond donors (Lipinski definition) is 2. The predicted octanol–water partition coefficient (Wildman–Crippen LogP) is 2.74. The van der Waals surface area contributed by atoms with Gasteiger partial charge in [-0.3, -0.25) is 4.79 Å². The number of rotatable bonds is 5. The highest BCUT2D eigenvalue weighted by Crippen LogP contribution is 2.31. The first kappa shape index (κ1) is 14.0. The molecule has 0 bridgehead atoms. The third-order valence-electron chi connectivity index (χ3n) is 3.17. The number of anilines is 1. The predicted molar refractivity (Wildman–Crippen MR) is 77.0 cm³/mol. The highest BCUT2D eigenvalue weighted by molar-refractivity contribution is 6.31. The maximum absolute atomic E-state index is 11.9. The summed E-state index contributed by atoms with van der Waals surface area (Å²) in [5.41, 5.74) is 1.72. The number of aryl methyl sites for hydroxylation is 1. The molecule has 1 aromatic carbocycles. The van der Waals surface area contributed by atoms with Crippen LogP contribution in [0.3, 0.4) is 0 Å². The smallest absolute Gasteiger partial charge is 0.242 e. The van der Waals surface area contributed by atoms with Crippen LogP contribution in [0.1, 0.15) is 25.3 Å². The van der Waals surface area contributed by atoms with Gasteiger partial charge < -0.3 is 15.4 Å². The van der Waals surface area contributed by atoms with E-state index >= 15 is 0 Å². The Balaban J connectivity index is 2.08. The summed E-state index contributed by atoms with van der Waals surface area (Å²) in [5.74, 6) is 0.652. The molecule has 19 heavy (non-hydrogen) atoms. The molecule has 0 aliphatic heterocycles. The molecule has 0 spiro atoms. The molecule has 2 rings (SSSR count). The van der Waals surface area contributed by atoms with Gasteiger partial charge in [0.25, 0.3) is 0 Å². The zero-order valence-corrected chi connectivity index (χ0v) is 12.2. The first-order valence-electron chi connectivity index (χ1n) is 6.42. The van der Waals surface area contributed by atoms with Gasteiger partial charge in [0.2, 0.25) is 5.91 Å². The number of carbonyl (C=O) groups is 1. The fourth-order valence-electron chi connectivity index (χ4n) is 1.80. The first-order chi connectivity index (χ1) is 9.01. The summed E-state index contributed by atoms with van der Waals surface area (Å²) in [6.45, 7) is 3.75. The van der Waals surface area contributed by atoms with Gasteiger partial charge in [-0.05, 0) is 38.3 Å². The van der Waals surface area contributed by atoms with Crippen molar-refractivity contribution in [2.45, 2.75) is 38.8 Å². The lowest BCUT2D eigenvalue weighted by atomic mass is 10.2. The third kappa shape index (κ3) is 3.53. The summed E-state index contributed by atoms with van der Waals surface area (Å²) >= 11 is 6.05. The minimum Gasteiger partial charge on any atom is -0.495 e. The molecule has 0 radical (unpaired) electrons. The number of benzene rings is 1. The lowest BCUT2D eigenvalue weighted by molar-refractivity contribution is -0.121. The molecule has 1 fully saturated rings. The molecule has 1 atom stereocenters. The van der Waals surface area contributed by atoms with Crippen molar-refractivity contribution in [1.29, 1.82) is 0 Å². The van der Waals surface area contributed by atoms with E-state index in [0.717, 1.165) is 24.1 Å². The summed E-state index contributed by atoms with van der Waals surface area (Å²) < 4.78 is 5.28. The molecule has 0 unspecified atom stereocenters. The van der Waals surface area contributed by atoms with Gasteiger partial charge in [0.15, 0.2) is 0 Å². The van der Waals surface area contributed by atoms with Crippen LogP contribution in [0.4, 0.5) is 5.69 Å². The monoisotopic (exact) mass is 282 g/mol. The molecule has 104 valence electrons. The number of amides is 1. The van der Waals surface area contributed by atoms with Gasteiger partial charge in [0.1, 0.15) is 11.8 Å². The van der Waals surface area contributed by atoms with Crippen molar-refractivity contribution in [2.24, 2.45) is 0 Å². The Kier molecular flexibility index (Phi) is 4.20. The fraction of sp³-hybridized carbons (Fsp3) is 0.500. The van der Waals surface area contributed by atoms with Crippen molar-refractivity contribution < 1.29 is 9.53 Å². The van der Waals surface area contributed by atoms with Crippen LogP contribution in [0.15, 0.2) is 12.1 Å². The Bertz CT molecular complexity index is 487. The standard InChI is InChI=1S/C14H19ClN2O2/c1-8-6-12(13(19-3)7-11(8)15)16-9(2)14(18)17-10-4-5-10/h6-7,9-10,16H,4-5H2,1-3H3,(H,17,18)/t9-/m0/s1. The molecule has 5 heteroatoms. The van der Waals surface area contributed by atoms with E-state index in [2.05, 4.69) is 10.6 Å². The molecule has 2 N–H and O–H groups in total. The Hall–Kier alpha value is -1.42. The molecular formula is C14H19ClN2O2. The maximum atomic E-state index is 11.9. The second-order valence-corrected chi connectivity index (χ2v) is 5.36. The van der Waals surface area contributed by atoms with Gasteiger partial charge >= 0.3 is 0 Å². The number of carbonyl (C=O) groups excluding carboxylic acids is 1. The molecule has 1 aromatic rings. The molecule has 1 amide bonds. The Morgan fingerprint density at radius 1 is 1.47 bits per heavy atom. The van der Waals surface area contributed by atoms with Crippen molar-refractivity contribution in [3.05, 3.63) is 22.7 Å². The largest absolute Gasteiger partial charge is 0.495 e. The van der Waals surface area contributed by atoms with Gasteiger partial charge in [-0.2, -0.15) is 0 Å². The lowest BCUT2D eigenvalue weighted by Gasteiger charge is -2.18. The van der Waals surface area contributed by atoms with Crippen molar-refractivity contribution in [2.75, 3.05) is 12.4 Å². The number of methoxy groups -OCH3 is 1. The van der Waals surface area contributed by atoms with E-state index in [1.54, 1.807) is 13.2 Å². The van der Waals surface area contributed by atoms with Crippen LogP contribution in [0.5, 0.6) is 5.75 Å². The van der Waals surface area contributed by atoms with E-state index in [1.165, 1.54) is 0 Å². The molecular weight excluding hydrogens is 264 g/mol.